The van der Waals surface area contributed by atoms with Crippen molar-refractivity contribution >= 4 is 0 Å². The van der Waals surface area contributed by atoms with Crippen LogP contribution in [-0.4, -0.2) is 45.4 Å². The molecule has 0 fully saturated rings. The molecular formula is C23H31NO3. The number of para-hydroxylation sites is 1. The van der Waals surface area contributed by atoms with Crippen molar-refractivity contribution in [2.45, 2.75) is 25.9 Å². The number of hydrogen-bond acceptors (Lipinski definition) is 4. The summed E-state index contributed by atoms with van der Waals surface area (Å²) in [5.41, 5.74) is 2.48. The Kier molecular flexibility index (Phi) is 8.21. The van der Waals surface area contributed by atoms with Gasteiger partial charge in [-0.15, -0.1) is 0 Å². The van der Waals surface area contributed by atoms with E-state index in [-0.39, 0.29) is 6.10 Å². The summed E-state index contributed by atoms with van der Waals surface area (Å²) in [6.07, 6.45) is 1.82. The van der Waals surface area contributed by atoms with Crippen molar-refractivity contribution in [1.82, 2.24) is 4.90 Å². The summed E-state index contributed by atoms with van der Waals surface area (Å²) in [6, 6.07) is 16.4. The Labute approximate surface area is 163 Å². The van der Waals surface area contributed by atoms with Gasteiger partial charge in [-0.25, -0.2) is 0 Å². The quantitative estimate of drug-likeness (QED) is 0.551. The largest absolute Gasteiger partial charge is 0.497 e. The molecule has 0 aliphatic rings. The van der Waals surface area contributed by atoms with E-state index in [1.54, 1.807) is 7.11 Å². The fourth-order valence-electron chi connectivity index (χ4n) is 2.92. The van der Waals surface area contributed by atoms with Crippen molar-refractivity contribution in [3.63, 3.8) is 0 Å². The maximum atomic E-state index is 6.11. The van der Waals surface area contributed by atoms with Crippen molar-refractivity contribution in [1.29, 1.82) is 0 Å². The molecule has 27 heavy (non-hydrogen) atoms. The minimum absolute atomic E-state index is 0.0489. The van der Waals surface area contributed by atoms with Crippen molar-refractivity contribution in [3.05, 3.63) is 72.0 Å². The Morgan fingerprint density at radius 1 is 1.04 bits per heavy atom. The minimum Gasteiger partial charge on any atom is -0.497 e. The van der Waals surface area contributed by atoms with Crippen LogP contribution in [0.15, 0.2) is 60.9 Å². The highest BCUT2D eigenvalue weighted by Crippen LogP contribution is 2.21. The summed E-state index contributed by atoms with van der Waals surface area (Å²) in [5.74, 6) is 2.50. The molecule has 0 aliphatic heterocycles. The van der Waals surface area contributed by atoms with Gasteiger partial charge in [0, 0.05) is 6.54 Å². The lowest BCUT2D eigenvalue weighted by molar-refractivity contribution is 0.0505. The zero-order chi connectivity index (χ0) is 19.6. The van der Waals surface area contributed by atoms with Crippen LogP contribution >= 0.6 is 0 Å². The first-order valence-electron chi connectivity index (χ1n) is 9.28. The molecule has 4 heteroatoms. The zero-order valence-electron chi connectivity index (χ0n) is 16.9. The summed E-state index contributed by atoms with van der Waals surface area (Å²) in [6.45, 7) is 6.98. The maximum absolute atomic E-state index is 6.11. The van der Waals surface area contributed by atoms with E-state index in [1.165, 1.54) is 11.1 Å². The van der Waals surface area contributed by atoms with Crippen LogP contribution in [0.5, 0.6) is 11.5 Å². The topological polar surface area (TPSA) is 30.9 Å². The number of hydrogen-bond donors (Lipinski definition) is 0. The molecule has 0 N–H and O–H groups in total. The smallest absolute Gasteiger partial charge is 0.145 e. The maximum Gasteiger partial charge on any atom is 0.145 e. The highest BCUT2D eigenvalue weighted by molar-refractivity contribution is 5.35. The molecule has 0 aromatic heterocycles. The normalized spacial score (nSPS) is 11.9. The van der Waals surface area contributed by atoms with E-state index in [1.807, 2.05) is 45.3 Å². The monoisotopic (exact) mass is 369 g/mol. The molecule has 146 valence electrons. The summed E-state index contributed by atoms with van der Waals surface area (Å²) in [5, 5.41) is 0. The average Bonchev–Trinajstić information content (AvgIpc) is 2.64. The van der Waals surface area contributed by atoms with E-state index in [0.29, 0.717) is 12.4 Å². The molecule has 0 spiro atoms. The molecule has 0 aliphatic carbocycles. The fraction of sp³-hybridized carbons (Fsp3) is 0.391. The molecule has 4 nitrogen and oxygen atoms in total. The standard InChI is InChI=1S/C23H31NO3/c1-18(2)27-22(16-24(3)4)17-26-23-9-7-6-8-20(23)13-10-19-11-14-21(25-5)15-12-19/h6-9,11-12,14-15,22H,1,10,13,16-17H2,2-5H3/t22-/m0/s1. The average molecular weight is 370 g/mol. The number of rotatable bonds is 11. The van der Waals surface area contributed by atoms with E-state index < -0.39 is 0 Å². The molecule has 1 atom stereocenters. The van der Waals surface area contributed by atoms with Crippen LogP contribution in [-0.2, 0) is 17.6 Å². The first kappa shape index (κ1) is 20.8. The van der Waals surface area contributed by atoms with Gasteiger partial charge in [0.1, 0.15) is 24.2 Å². The third-order valence-corrected chi connectivity index (χ3v) is 4.18. The lowest BCUT2D eigenvalue weighted by atomic mass is 10.0. The summed E-state index contributed by atoms with van der Waals surface area (Å²) in [7, 11) is 5.74. The van der Waals surface area contributed by atoms with E-state index in [2.05, 4.69) is 35.7 Å². The zero-order valence-corrected chi connectivity index (χ0v) is 16.9. The first-order valence-corrected chi connectivity index (χ1v) is 9.28. The molecule has 0 radical (unpaired) electrons. The van der Waals surface area contributed by atoms with Gasteiger partial charge in [0.15, 0.2) is 0 Å². The Balaban J connectivity index is 1.97. The summed E-state index contributed by atoms with van der Waals surface area (Å²) in [4.78, 5) is 2.09. The van der Waals surface area contributed by atoms with Gasteiger partial charge in [0.2, 0.25) is 0 Å². The summed E-state index contributed by atoms with van der Waals surface area (Å²) < 4.78 is 17.1. The molecule has 2 rings (SSSR count). The van der Waals surface area contributed by atoms with Crippen LogP contribution in [0.25, 0.3) is 0 Å². The molecule has 2 aromatic carbocycles. The lowest BCUT2D eigenvalue weighted by Crippen LogP contribution is -2.33. The number of benzene rings is 2. The van der Waals surface area contributed by atoms with Crippen LogP contribution < -0.4 is 9.47 Å². The van der Waals surface area contributed by atoms with Crippen LogP contribution in [0.3, 0.4) is 0 Å². The van der Waals surface area contributed by atoms with Gasteiger partial charge in [0.05, 0.1) is 12.9 Å². The Morgan fingerprint density at radius 3 is 2.37 bits per heavy atom. The van der Waals surface area contributed by atoms with Gasteiger partial charge in [-0.3, -0.25) is 0 Å². The van der Waals surface area contributed by atoms with Crippen molar-refractivity contribution < 1.29 is 14.2 Å². The van der Waals surface area contributed by atoms with Crippen LogP contribution in [0.1, 0.15) is 18.1 Å². The van der Waals surface area contributed by atoms with Crippen LogP contribution in [0, 0.1) is 0 Å². The molecule has 2 aromatic rings. The lowest BCUT2D eigenvalue weighted by Gasteiger charge is -2.23. The van der Waals surface area contributed by atoms with Gasteiger partial charge in [-0.1, -0.05) is 36.9 Å². The van der Waals surface area contributed by atoms with E-state index in [4.69, 9.17) is 14.2 Å². The number of likely N-dealkylation sites (N-methyl/N-ethyl adjacent to an activating group) is 1. The van der Waals surface area contributed by atoms with Gasteiger partial charge in [-0.05, 0) is 63.2 Å². The molecule has 0 saturated heterocycles. The number of nitrogens with zero attached hydrogens (tertiary/aromatic N) is 1. The predicted octanol–water partition coefficient (Wildman–Crippen LogP) is 4.34. The van der Waals surface area contributed by atoms with Crippen molar-refractivity contribution in [3.8, 4) is 11.5 Å². The molecule has 0 heterocycles. The third-order valence-electron chi connectivity index (χ3n) is 4.18. The highest BCUT2D eigenvalue weighted by atomic mass is 16.5. The molecule has 0 amide bonds. The van der Waals surface area contributed by atoms with E-state index in [0.717, 1.165) is 30.9 Å². The first-order chi connectivity index (χ1) is 13.0. The summed E-state index contributed by atoms with van der Waals surface area (Å²) >= 11 is 0. The molecule has 0 unspecified atom stereocenters. The predicted molar refractivity (Wildman–Crippen MR) is 111 cm³/mol. The number of ether oxygens (including phenoxy) is 3. The molecule has 0 saturated carbocycles. The number of methoxy groups -OCH3 is 1. The second-order valence-electron chi connectivity index (χ2n) is 6.97. The Morgan fingerprint density at radius 2 is 1.74 bits per heavy atom. The SMILES string of the molecule is C=C(C)O[C@H](COc1ccccc1CCc1ccc(OC)cc1)CN(C)C. The minimum atomic E-state index is -0.0489. The van der Waals surface area contributed by atoms with Crippen LogP contribution in [0.2, 0.25) is 0 Å². The van der Waals surface area contributed by atoms with Gasteiger partial charge < -0.3 is 19.1 Å². The number of aryl methyl sites for hydroxylation is 2. The Bertz CT molecular complexity index is 710. The molecule has 0 bridgehead atoms. The highest BCUT2D eigenvalue weighted by Gasteiger charge is 2.14. The number of allylic oxidation sites excluding steroid dienone is 1. The third kappa shape index (κ3) is 7.35. The Hall–Kier alpha value is -2.46. The van der Waals surface area contributed by atoms with Crippen molar-refractivity contribution in [2.24, 2.45) is 0 Å². The van der Waals surface area contributed by atoms with Gasteiger partial charge >= 0.3 is 0 Å². The second kappa shape index (κ2) is 10.6. The second-order valence-corrected chi connectivity index (χ2v) is 6.97. The van der Waals surface area contributed by atoms with E-state index >= 15 is 0 Å². The fourth-order valence-corrected chi connectivity index (χ4v) is 2.92. The van der Waals surface area contributed by atoms with Crippen LogP contribution in [0.4, 0.5) is 0 Å². The van der Waals surface area contributed by atoms with E-state index in [9.17, 15) is 0 Å². The van der Waals surface area contributed by atoms with Crippen molar-refractivity contribution in [2.75, 3.05) is 34.4 Å². The van der Waals surface area contributed by atoms with Gasteiger partial charge in [0.25, 0.3) is 0 Å². The molecular weight excluding hydrogens is 338 g/mol. The van der Waals surface area contributed by atoms with Gasteiger partial charge in [-0.2, -0.15) is 0 Å².